The first kappa shape index (κ1) is 13.3. The molecule has 0 N–H and O–H groups in total. The third-order valence-electron chi connectivity index (χ3n) is 3.68. The average Bonchev–Trinajstić information content (AvgIpc) is 2.81. The lowest BCUT2D eigenvalue weighted by Crippen LogP contribution is -2.19. The lowest BCUT2D eigenvalue weighted by Gasteiger charge is -2.20. The van der Waals surface area contributed by atoms with Crippen LogP contribution in [0.25, 0.3) is 5.65 Å². The van der Waals surface area contributed by atoms with Crippen molar-refractivity contribution in [3.05, 3.63) is 34.7 Å². The van der Waals surface area contributed by atoms with Crippen molar-refractivity contribution in [2.24, 2.45) is 0 Å². The number of hydrogen-bond acceptors (Lipinski definition) is 2. The van der Waals surface area contributed by atoms with Crippen LogP contribution >= 0.6 is 15.9 Å². The Morgan fingerprint density at radius 1 is 1.26 bits per heavy atom. The number of hydrogen-bond donors (Lipinski definition) is 0. The number of aromatic nitrogens is 2. The molecule has 0 aromatic carbocycles. The molecule has 3 rings (SSSR count). The summed E-state index contributed by atoms with van der Waals surface area (Å²) in [6.45, 7) is 0. The summed E-state index contributed by atoms with van der Waals surface area (Å²) in [6.07, 6.45) is 9.96. The first-order chi connectivity index (χ1) is 9.22. The normalized spacial score (nSPS) is 18.8. The van der Waals surface area contributed by atoms with Crippen molar-refractivity contribution in [3.8, 4) is 0 Å². The summed E-state index contributed by atoms with van der Waals surface area (Å²) in [5.41, 5.74) is 1.85. The van der Waals surface area contributed by atoms with Crippen LogP contribution in [0.1, 0.15) is 37.8 Å². The largest absolute Gasteiger partial charge is 0.306 e. The van der Waals surface area contributed by atoms with Crippen LogP contribution in [0.2, 0.25) is 0 Å². The molecule has 2 aromatic heterocycles. The van der Waals surface area contributed by atoms with E-state index in [1.807, 2.05) is 28.9 Å². The molecule has 0 amide bonds. The Balaban J connectivity index is 1.75. The molecule has 19 heavy (non-hydrogen) atoms. The molecule has 0 unspecified atom stereocenters. The standard InChI is InChI=1S/C14H17BrN2OS/c15-11-6-7-14-16-12(9-17(14)8-11)10-19(18)13-4-2-1-3-5-13/h6-9,13H,1-5,10H2/t19-/m1/s1. The molecule has 2 heterocycles. The number of rotatable bonds is 3. The van der Waals surface area contributed by atoms with Crippen LogP contribution < -0.4 is 0 Å². The molecule has 1 fully saturated rings. The second-order valence-electron chi connectivity index (χ2n) is 5.13. The number of fused-ring (bicyclic) bond motifs is 1. The van der Waals surface area contributed by atoms with Crippen molar-refractivity contribution in [2.75, 3.05) is 0 Å². The minimum absolute atomic E-state index is 0.380. The van der Waals surface area contributed by atoms with Gasteiger partial charge in [-0.3, -0.25) is 4.21 Å². The molecule has 5 heteroatoms. The maximum absolute atomic E-state index is 12.4. The molecule has 1 aliphatic rings. The molecule has 0 spiro atoms. The SMILES string of the molecule is O=[S@](Cc1cn2cc(Br)ccc2n1)C1CCCCC1. The fourth-order valence-corrected chi connectivity index (χ4v) is 4.56. The van der Waals surface area contributed by atoms with Crippen LogP contribution in [0, 0.1) is 0 Å². The van der Waals surface area contributed by atoms with E-state index in [0.717, 1.165) is 28.7 Å². The molecule has 0 aliphatic heterocycles. The third kappa shape index (κ3) is 3.08. The van der Waals surface area contributed by atoms with Crippen molar-refractivity contribution in [1.29, 1.82) is 0 Å². The van der Waals surface area contributed by atoms with Crippen molar-refractivity contribution >= 4 is 32.4 Å². The molecular weight excluding hydrogens is 324 g/mol. The summed E-state index contributed by atoms with van der Waals surface area (Å²) in [4.78, 5) is 4.54. The zero-order chi connectivity index (χ0) is 13.2. The molecule has 1 atom stereocenters. The van der Waals surface area contributed by atoms with Crippen LogP contribution in [0.5, 0.6) is 0 Å². The van der Waals surface area contributed by atoms with E-state index in [0.29, 0.717) is 11.0 Å². The molecular formula is C14H17BrN2OS. The Kier molecular flexibility index (Phi) is 4.03. The Morgan fingerprint density at radius 2 is 2.05 bits per heavy atom. The molecule has 1 saturated carbocycles. The van der Waals surface area contributed by atoms with Crippen LogP contribution in [0.15, 0.2) is 29.0 Å². The fourth-order valence-electron chi connectivity index (χ4n) is 2.68. The number of nitrogens with zero attached hydrogens (tertiary/aromatic N) is 2. The van der Waals surface area contributed by atoms with Gasteiger partial charge in [0.15, 0.2) is 0 Å². The second kappa shape index (κ2) is 5.75. The minimum atomic E-state index is -0.777. The van der Waals surface area contributed by atoms with Crippen LogP contribution in [-0.2, 0) is 16.6 Å². The third-order valence-corrected chi connectivity index (χ3v) is 5.94. The van der Waals surface area contributed by atoms with Gasteiger partial charge >= 0.3 is 0 Å². The zero-order valence-corrected chi connectivity index (χ0v) is 13.1. The van der Waals surface area contributed by atoms with E-state index in [9.17, 15) is 4.21 Å². The highest BCUT2D eigenvalue weighted by Gasteiger charge is 2.20. The summed E-state index contributed by atoms with van der Waals surface area (Å²) in [6, 6.07) is 3.95. The number of halogens is 1. The summed E-state index contributed by atoms with van der Waals surface area (Å²) in [7, 11) is -0.777. The highest BCUT2D eigenvalue weighted by Crippen LogP contribution is 2.24. The lowest BCUT2D eigenvalue weighted by molar-refractivity contribution is 0.504. The van der Waals surface area contributed by atoms with Gasteiger partial charge in [-0.25, -0.2) is 4.98 Å². The molecule has 0 radical (unpaired) electrons. The summed E-state index contributed by atoms with van der Waals surface area (Å²) >= 11 is 3.45. The van der Waals surface area contributed by atoms with E-state index in [-0.39, 0.29) is 0 Å². The van der Waals surface area contributed by atoms with Gasteiger partial charge in [-0.05, 0) is 40.9 Å². The van der Waals surface area contributed by atoms with E-state index in [2.05, 4.69) is 20.9 Å². The van der Waals surface area contributed by atoms with Crippen LogP contribution in [0.4, 0.5) is 0 Å². The highest BCUT2D eigenvalue weighted by atomic mass is 79.9. The predicted octanol–water partition coefficient (Wildman–Crippen LogP) is 3.68. The van der Waals surface area contributed by atoms with Gasteiger partial charge < -0.3 is 4.40 Å². The Hall–Kier alpha value is -0.680. The first-order valence-electron chi connectivity index (χ1n) is 6.73. The molecule has 0 saturated heterocycles. The zero-order valence-electron chi connectivity index (χ0n) is 10.7. The summed E-state index contributed by atoms with van der Waals surface area (Å²) < 4.78 is 15.4. The van der Waals surface area contributed by atoms with Gasteiger partial charge in [0.2, 0.25) is 0 Å². The maximum atomic E-state index is 12.4. The van der Waals surface area contributed by atoms with Gasteiger partial charge in [-0.2, -0.15) is 0 Å². The van der Waals surface area contributed by atoms with Crippen LogP contribution in [-0.4, -0.2) is 18.8 Å². The van der Waals surface area contributed by atoms with Crippen molar-refractivity contribution < 1.29 is 4.21 Å². The molecule has 1 aliphatic carbocycles. The molecule has 102 valence electrons. The van der Waals surface area contributed by atoms with Gasteiger partial charge in [0.25, 0.3) is 0 Å². The smallest absolute Gasteiger partial charge is 0.137 e. The van der Waals surface area contributed by atoms with Gasteiger partial charge in [0, 0.05) is 32.9 Å². The van der Waals surface area contributed by atoms with Crippen LogP contribution in [0.3, 0.4) is 0 Å². The average molecular weight is 341 g/mol. The highest BCUT2D eigenvalue weighted by molar-refractivity contribution is 9.10. The van der Waals surface area contributed by atoms with E-state index < -0.39 is 10.8 Å². The number of imidazole rings is 1. The quantitative estimate of drug-likeness (QED) is 0.854. The van der Waals surface area contributed by atoms with Crippen molar-refractivity contribution in [2.45, 2.75) is 43.1 Å². The predicted molar refractivity (Wildman–Crippen MR) is 81.6 cm³/mol. The van der Waals surface area contributed by atoms with E-state index in [1.165, 1.54) is 19.3 Å². The molecule has 0 bridgehead atoms. The topological polar surface area (TPSA) is 34.4 Å². The number of pyridine rings is 1. The minimum Gasteiger partial charge on any atom is -0.306 e. The van der Waals surface area contributed by atoms with E-state index in [1.54, 1.807) is 0 Å². The summed E-state index contributed by atoms with van der Waals surface area (Å²) in [5, 5.41) is 0.380. The van der Waals surface area contributed by atoms with Crippen molar-refractivity contribution in [3.63, 3.8) is 0 Å². The van der Waals surface area contributed by atoms with E-state index in [4.69, 9.17) is 0 Å². The Labute approximate surface area is 124 Å². The molecule has 3 nitrogen and oxygen atoms in total. The Bertz CT molecular complexity index is 605. The van der Waals surface area contributed by atoms with Crippen molar-refractivity contribution in [1.82, 2.24) is 9.38 Å². The van der Waals surface area contributed by atoms with Gasteiger partial charge in [0.1, 0.15) is 5.65 Å². The molecule has 2 aromatic rings. The van der Waals surface area contributed by atoms with Gasteiger partial charge in [-0.1, -0.05) is 19.3 Å². The van der Waals surface area contributed by atoms with Gasteiger partial charge in [-0.15, -0.1) is 0 Å². The maximum Gasteiger partial charge on any atom is 0.137 e. The first-order valence-corrected chi connectivity index (χ1v) is 8.90. The fraction of sp³-hybridized carbons (Fsp3) is 0.500. The lowest BCUT2D eigenvalue weighted by atomic mass is 10.0. The van der Waals surface area contributed by atoms with Gasteiger partial charge in [0.05, 0.1) is 11.4 Å². The van der Waals surface area contributed by atoms with E-state index >= 15 is 0 Å². The summed E-state index contributed by atoms with van der Waals surface area (Å²) in [5.74, 6) is 0.587. The monoisotopic (exact) mass is 340 g/mol. The second-order valence-corrected chi connectivity index (χ2v) is 7.76. The Morgan fingerprint density at radius 3 is 2.84 bits per heavy atom.